The number of fused-ring (bicyclic) bond motifs is 1. The molecule has 0 unspecified atom stereocenters. The molecule has 1 fully saturated rings. The number of carbonyl (C=O) groups is 1. The first-order valence-electron chi connectivity index (χ1n) is 8.00. The molecule has 0 heterocycles. The molecule has 0 aliphatic heterocycles. The summed E-state index contributed by atoms with van der Waals surface area (Å²) in [5, 5.41) is 3.04. The highest BCUT2D eigenvalue weighted by atomic mass is 16.5. The number of anilines is 1. The van der Waals surface area contributed by atoms with E-state index in [9.17, 15) is 4.79 Å². The van der Waals surface area contributed by atoms with E-state index < -0.39 is 0 Å². The van der Waals surface area contributed by atoms with Crippen LogP contribution in [0.25, 0.3) is 0 Å². The standard InChI is InChI=1S/C18H23NO2/c1-2-21-14-11-9-13(10-12-14)19-18(20)17-15-7-5-3-4-6-8-16(15)17/h5,7,9-12,15-17H,2-4,6,8H2,1H3,(H,19,20)/t15-,16-,17-/m1/s1. The van der Waals surface area contributed by atoms with Gasteiger partial charge in [0.15, 0.2) is 0 Å². The first-order chi connectivity index (χ1) is 10.3. The first-order valence-corrected chi connectivity index (χ1v) is 8.00. The zero-order valence-electron chi connectivity index (χ0n) is 12.5. The van der Waals surface area contributed by atoms with E-state index in [1.54, 1.807) is 0 Å². The summed E-state index contributed by atoms with van der Waals surface area (Å²) < 4.78 is 5.41. The second kappa shape index (κ2) is 6.33. The average Bonchev–Trinajstić information content (AvgIpc) is 3.12. The SMILES string of the molecule is CCOc1ccc(NC(=O)[C@@H]2[C@@H]3C=CCCCC[C@H]32)cc1. The molecule has 3 nitrogen and oxygen atoms in total. The number of allylic oxidation sites excluding steroid dienone is 2. The Bertz CT molecular complexity index is 521. The Kier molecular flexibility index (Phi) is 4.28. The van der Waals surface area contributed by atoms with Crippen molar-refractivity contribution in [2.75, 3.05) is 11.9 Å². The molecule has 3 atom stereocenters. The summed E-state index contributed by atoms with van der Waals surface area (Å²) in [4.78, 5) is 12.4. The van der Waals surface area contributed by atoms with E-state index in [0.717, 1.165) is 17.9 Å². The molecule has 0 aromatic heterocycles. The van der Waals surface area contributed by atoms with Crippen LogP contribution in [-0.2, 0) is 4.79 Å². The summed E-state index contributed by atoms with van der Waals surface area (Å²) in [6.07, 6.45) is 9.37. The van der Waals surface area contributed by atoms with Gasteiger partial charge in [0.1, 0.15) is 5.75 Å². The van der Waals surface area contributed by atoms with Crippen molar-refractivity contribution >= 4 is 11.6 Å². The van der Waals surface area contributed by atoms with Gasteiger partial charge in [-0.1, -0.05) is 18.6 Å². The number of amides is 1. The molecular weight excluding hydrogens is 262 g/mol. The van der Waals surface area contributed by atoms with Crippen LogP contribution in [0, 0.1) is 17.8 Å². The van der Waals surface area contributed by atoms with E-state index in [1.807, 2.05) is 31.2 Å². The fraction of sp³-hybridized carbons (Fsp3) is 0.500. The topological polar surface area (TPSA) is 38.3 Å². The predicted octanol–water partition coefficient (Wildman–Crippen LogP) is 4.02. The van der Waals surface area contributed by atoms with Gasteiger partial charge in [0.05, 0.1) is 6.61 Å². The van der Waals surface area contributed by atoms with Crippen LogP contribution in [-0.4, -0.2) is 12.5 Å². The molecule has 0 radical (unpaired) electrons. The maximum absolute atomic E-state index is 12.4. The van der Waals surface area contributed by atoms with Gasteiger partial charge in [0.25, 0.3) is 0 Å². The number of carbonyl (C=O) groups excluding carboxylic acids is 1. The summed E-state index contributed by atoms with van der Waals surface area (Å²) in [5.74, 6) is 2.20. The minimum atomic E-state index is 0.167. The lowest BCUT2D eigenvalue weighted by molar-refractivity contribution is -0.117. The van der Waals surface area contributed by atoms with Crippen molar-refractivity contribution in [2.45, 2.75) is 32.6 Å². The maximum atomic E-state index is 12.4. The van der Waals surface area contributed by atoms with E-state index >= 15 is 0 Å². The zero-order valence-corrected chi connectivity index (χ0v) is 12.5. The third kappa shape index (κ3) is 3.29. The molecule has 1 amide bonds. The number of ether oxygens (including phenoxy) is 1. The van der Waals surface area contributed by atoms with Gasteiger partial charge in [0.2, 0.25) is 5.91 Å². The van der Waals surface area contributed by atoms with E-state index in [1.165, 1.54) is 19.3 Å². The molecular formula is C18H23NO2. The lowest BCUT2D eigenvalue weighted by atomic mass is 10.1. The van der Waals surface area contributed by atoms with Gasteiger partial charge >= 0.3 is 0 Å². The molecule has 1 aromatic carbocycles. The second-order valence-electron chi connectivity index (χ2n) is 5.93. The Labute approximate surface area is 126 Å². The average molecular weight is 285 g/mol. The molecule has 112 valence electrons. The van der Waals surface area contributed by atoms with Gasteiger partial charge in [0, 0.05) is 11.6 Å². The molecule has 1 aromatic rings. The van der Waals surface area contributed by atoms with Crippen LogP contribution in [0.15, 0.2) is 36.4 Å². The smallest absolute Gasteiger partial charge is 0.228 e. The van der Waals surface area contributed by atoms with Gasteiger partial charge in [-0.3, -0.25) is 4.79 Å². The molecule has 0 bridgehead atoms. The van der Waals surface area contributed by atoms with Crippen LogP contribution in [0.3, 0.4) is 0 Å². The lowest BCUT2D eigenvalue weighted by Crippen LogP contribution is -2.15. The van der Waals surface area contributed by atoms with Gasteiger partial charge < -0.3 is 10.1 Å². The van der Waals surface area contributed by atoms with Crippen molar-refractivity contribution in [3.63, 3.8) is 0 Å². The molecule has 2 aliphatic rings. The third-order valence-electron chi connectivity index (χ3n) is 4.48. The fourth-order valence-electron chi connectivity index (χ4n) is 3.33. The van der Waals surface area contributed by atoms with Crippen LogP contribution in [0.2, 0.25) is 0 Å². The lowest BCUT2D eigenvalue weighted by Gasteiger charge is -2.07. The number of benzene rings is 1. The third-order valence-corrected chi connectivity index (χ3v) is 4.48. The summed E-state index contributed by atoms with van der Waals surface area (Å²) >= 11 is 0. The Balaban J connectivity index is 1.59. The van der Waals surface area contributed by atoms with Gasteiger partial charge in [-0.15, -0.1) is 0 Å². The van der Waals surface area contributed by atoms with Crippen LogP contribution < -0.4 is 10.1 Å². The highest BCUT2D eigenvalue weighted by Gasteiger charge is 2.52. The van der Waals surface area contributed by atoms with Crippen LogP contribution >= 0.6 is 0 Å². The van der Waals surface area contributed by atoms with E-state index in [-0.39, 0.29) is 11.8 Å². The summed E-state index contributed by atoms with van der Waals surface area (Å²) in [6.45, 7) is 2.62. The molecule has 21 heavy (non-hydrogen) atoms. The van der Waals surface area contributed by atoms with Crippen molar-refractivity contribution in [1.82, 2.24) is 0 Å². The molecule has 2 aliphatic carbocycles. The number of nitrogens with one attached hydrogen (secondary N) is 1. The zero-order chi connectivity index (χ0) is 14.7. The Morgan fingerprint density at radius 2 is 2.10 bits per heavy atom. The van der Waals surface area contributed by atoms with Crippen LogP contribution in [0.4, 0.5) is 5.69 Å². The molecule has 3 heteroatoms. The van der Waals surface area contributed by atoms with Crippen molar-refractivity contribution in [1.29, 1.82) is 0 Å². The first kappa shape index (κ1) is 14.2. The summed E-state index contributed by atoms with van der Waals surface area (Å²) in [6, 6.07) is 7.61. The molecule has 0 spiro atoms. The van der Waals surface area contributed by atoms with Gasteiger partial charge in [-0.05, 0) is 62.3 Å². The van der Waals surface area contributed by atoms with Crippen molar-refractivity contribution in [2.24, 2.45) is 17.8 Å². The number of hydrogen-bond acceptors (Lipinski definition) is 2. The van der Waals surface area contributed by atoms with Gasteiger partial charge in [-0.2, -0.15) is 0 Å². The maximum Gasteiger partial charge on any atom is 0.228 e. The highest BCUT2D eigenvalue weighted by Crippen LogP contribution is 2.51. The molecule has 3 rings (SSSR count). The molecule has 0 saturated heterocycles. The fourth-order valence-corrected chi connectivity index (χ4v) is 3.33. The van der Waals surface area contributed by atoms with Crippen molar-refractivity contribution in [3.05, 3.63) is 36.4 Å². The van der Waals surface area contributed by atoms with Crippen molar-refractivity contribution < 1.29 is 9.53 Å². The monoisotopic (exact) mass is 285 g/mol. The van der Waals surface area contributed by atoms with E-state index in [2.05, 4.69) is 17.5 Å². The molecule has 1 N–H and O–H groups in total. The van der Waals surface area contributed by atoms with E-state index in [4.69, 9.17) is 4.74 Å². The second-order valence-corrected chi connectivity index (χ2v) is 5.93. The number of rotatable bonds is 4. The van der Waals surface area contributed by atoms with Crippen LogP contribution in [0.5, 0.6) is 5.75 Å². The minimum Gasteiger partial charge on any atom is -0.494 e. The van der Waals surface area contributed by atoms with Crippen molar-refractivity contribution in [3.8, 4) is 5.75 Å². The quantitative estimate of drug-likeness (QED) is 0.849. The number of hydrogen-bond donors (Lipinski definition) is 1. The van der Waals surface area contributed by atoms with E-state index in [0.29, 0.717) is 18.4 Å². The molecule has 1 saturated carbocycles. The summed E-state index contributed by atoms with van der Waals surface area (Å²) in [7, 11) is 0. The minimum absolute atomic E-state index is 0.167. The largest absolute Gasteiger partial charge is 0.494 e. The predicted molar refractivity (Wildman–Crippen MR) is 84.3 cm³/mol. The Morgan fingerprint density at radius 1 is 1.29 bits per heavy atom. The van der Waals surface area contributed by atoms with Gasteiger partial charge in [-0.25, -0.2) is 0 Å². The Morgan fingerprint density at radius 3 is 2.86 bits per heavy atom. The summed E-state index contributed by atoms with van der Waals surface area (Å²) in [5.41, 5.74) is 0.853. The Hall–Kier alpha value is -1.77. The van der Waals surface area contributed by atoms with Crippen LogP contribution in [0.1, 0.15) is 32.6 Å². The normalized spacial score (nSPS) is 27.2. The highest BCUT2D eigenvalue weighted by molar-refractivity contribution is 5.95.